The number of hydrogen-bond donors (Lipinski definition) is 0. The Morgan fingerprint density at radius 2 is 1.76 bits per heavy atom. The summed E-state index contributed by atoms with van der Waals surface area (Å²) in [6.45, 7) is 8.73. The average Bonchev–Trinajstić information content (AvgIpc) is 2.27. The largest absolute Gasteiger partial charge is 0.299 e. The van der Waals surface area contributed by atoms with Gasteiger partial charge in [0.15, 0.2) is 0 Å². The van der Waals surface area contributed by atoms with E-state index in [0.29, 0.717) is 11.7 Å². The lowest BCUT2D eigenvalue weighted by molar-refractivity contribution is -0.149. The molecule has 0 spiro atoms. The Balaban J connectivity index is 2.18. The van der Waals surface area contributed by atoms with Gasteiger partial charge in [0.2, 0.25) is 0 Å². The number of rotatable bonds is 0. The molecule has 1 fully saturated rings. The van der Waals surface area contributed by atoms with Crippen LogP contribution in [0.3, 0.4) is 0 Å². The summed E-state index contributed by atoms with van der Waals surface area (Å²) in [5.74, 6) is 1.17. The fourth-order valence-corrected chi connectivity index (χ4v) is 4.05. The minimum absolute atomic E-state index is 0.143. The summed E-state index contributed by atoms with van der Waals surface area (Å²) in [6.07, 6.45) is 1.01. The van der Waals surface area contributed by atoms with Gasteiger partial charge in [0.1, 0.15) is 5.78 Å². The highest BCUT2D eigenvalue weighted by molar-refractivity contribution is 5.96. The Bertz CT molecular complexity index is 496. The predicted molar refractivity (Wildman–Crippen MR) is 69.1 cm³/mol. The lowest BCUT2D eigenvalue weighted by Gasteiger charge is -2.56. The maximum atomic E-state index is 12.2. The summed E-state index contributed by atoms with van der Waals surface area (Å²) in [5, 5.41) is 0. The summed E-state index contributed by atoms with van der Waals surface area (Å²) >= 11 is 0. The zero-order valence-electron chi connectivity index (χ0n) is 11.1. The molecule has 1 heteroatoms. The van der Waals surface area contributed by atoms with E-state index in [4.69, 9.17) is 0 Å². The van der Waals surface area contributed by atoms with Crippen molar-refractivity contribution in [2.45, 2.75) is 45.4 Å². The van der Waals surface area contributed by atoms with Crippen molar-refractivity contribution in [2.24, 2.45) is 11.3 Å². The van der Waals surface area contributed by atoms with E-state index in [1.165, 1.54) is 11.1 Å². The van der Waals surface area contributed by atoms with E-state index in [-0.39, 0.29) is 16.7 Å². The van der Waals surface area contributed by atoms with Crippen molar-refractivity contribution in [1.82, 2.24) is 0 Å². The van der Waals surface area contributed by atoms with Crippen LogP contribution >= 0.6 is 0 Å². The normalized spacial score (nSPS) is 32.4. The van der Waals surface area contributed by atoms with E-state index in [2.05, 4.69) is 52.0 Å². The number of ketones is 1. The van der Waals surface area contributed by atoms with E-state index in [0.717, 1.165) is 6.42 Å². The molecule has 2 aliphatic rings. The van der Waals surface area contributed by atoms with Crippen molar-refractivity contribution >= 4 is 5.78 Å². The van der Waals surface area contributed by atoms with Crippen LogP contribution in [0.15, 0.2) is 24.3 Å². The molecule has 2 aliphatic carbocycles. The second kappa shape index (κ2) is 3.01. The first-order valence-electron chi connectivity index (χ1n) is 6.49. The van der Waals surface area contributed by atoms with Gasteiger partial charge in [0.25, 0.3) is 0 Å². The predicted octanol–water partition coefficient (Wildman–Crippen LogP) is 3.68. The van der Waals surface area contributed by atoms with E-state index in [1.54, 1.807) is 0 Å². The minimum Gasteiger partial charge on any atom is -0.299 e. The quantitative estimate of drug-likeness (QED) is 0.662. The van der Waals surface area contributed by atoms with Crippen LogP contribution in [0.2, 0.25) is 0 Å². The van der Waals surface area contributed by atoms with Gasteiger partial charge < -0.3 is 0 Å². The molecular formula is C16H20O. The standard InChI is InChI=1S/C16H20O/c1-15(2)9-11-13(16(3,4)14(11)17)10-7-5-6-8-12(10)15/h5-8,11,13H,9H2,1-4H3. The lowest BCUT2D eigenvalue weighted by atomic mass is 9.45. The zero-order chi connectivity index (χ0) is 12.4. The van der Waals surface area contributed by atoms with Gasteiger partial charge in [-0.1, -0.05) is 52.0 Å². The van der Waals surface area contributed by atoms with Crippen molar-refractivity contribution < 1.29 is 4.79 Å². The third-order valence-electron chi connectivity index (χ3n) is 4.91. The van der Waals surface area contributed by atoms with Crippen LogP contribution in [-0.4, -0.2) is 5.78 Å². The Hall–Kier alpha value is -1.11. The third-order valence-corrected chi connectivity index (χ3v) is 4.91. The number of fused-ring (bicyclic) bond motifs is 3. The summed E-state index contributed by atoms with van der Waals surface area (Å²) < 4.78 is 0. The molecule has 1 aromatic rings. The van der Waals surface area contributed by atoms with Crippen LogP contribution in [0.4, 0.5) is 0 Å². The van der Waals surface area contributed by atoms with Gasteiger partial charge in [0.05, 0.1) is 0 Å². The Morgan fingerprint density at radius 3 is 2.47 bits per heavy atom. The molecule has 1 saturated carbocycles. The zero-order valence-corrected chi connectivity index (χ0v) is 11.1. The summed E-state index contributed by atoms with van der Waals surface area (Å²) in [5.41, 5.74) is 2.85. The van der Waals surface area contributed by atoms with Crippen molar-refractivity contribution in [3.63, 3.8) is 0 Å². The maximum Gasteiger partial charge on any atom is 0.142 e. The molecule has 0 heterocycles. The van der Waals surface area contributed by atoms with E-state index >= 15 is 0 Å². The molecule has 0 N–H and O–H groups in total. The minimum atomic E-state index is -0.155. The molecule has 1 nitrogen and oxygen atoms in total. The summed E-state index contributed by atoms with van der Waals surface area (Å²) in [4.78, 5) is 12.2. The number of carbonyl (C=O) groups excluding carboxylic acids is 1. The van der Waals surface area contributed by atoms with Crippen LogP contribution in [0, 0.1) is 11.3 Å². The monoisotopic (exact) mass is 228 g/mol. The summed E-state index contributed by atoms with van der Waals surface area (Å²) in [6, 6.07) is 8.69. The average molecular weight is 228 g/mol. The number of hydrogen-bond acceptors (Lipinski definition) is 1. The van der Waals surface area contributed by atoms with E-state index < -0.39 is 0 Å². The molecule has 17 heavy (non-hydrogen) atoms. The number of carbonyl (C=O) groups is 1. The molecule has 0 amide bonds. The van der Waals surface area contributed by atoms with E-state index in [1.807, 2.05) is 0 Å². The van der Waals surface area contributed by atoms with Gasteiger partial charge in [-0.05, 0) is 23.0 Å². The second-order valence-corrected chi connectivity index (χ2v) is 6.85. The Kier molecular flexibility index (Phi) is 1.95. The van der Waals surface area contributed by atoms with Gasteiger partial charge in [0, 0.05) is 17.3 Å². The number of benzene rings is 1. The van der Waals surface area contributed by atoms with Crippen molar-refractivity contribution in [3.8, 4) is 0 Å². The van der Waals surface area contributed by atoms with Crippen LogP contribution in [0.1, 0.15) is 51.2 Å². The van der Waals surface area contributed by atoms with Crippen LogP contribution < -0.4 is 0 Å². The molecule has 3 rings (SSSR count). The molecule has 0 aromatic heterocycles. The van der Waals surface area contributed by atoms with Gasteiger partial charge in [-0.3, -0.25) is 4.79 Å². The first-order valence-corrected chi connectivity index (χ1v) is 6.49. The molecule has 0 aliphatic heterocycles. The van der Waals surface area contributed by atoms with Crippen LogP contribution in [0.25, 0.3) is 0 Å². The van der Waals surface area contributed by atoms with E-state index in [9.17, 15) is 4.79 Å². The van der Waals surface area contributed by atoms with Crippen LogP contribution in [-0.2, 0) is 10.2 Å². The molecule has 0 bridgehead atoms. The van der Waals surface area contributed by atoms with Gasteiger partial charge in [-0.2, -0.15) is 0 Å². The molecule has 2 atom stereocenters. The van der Waals surface area contributed by atoms with Gasteiger partial charge >= 0.3 is 0 Å². The summed E-state index contributed by atoms with van der Waals surface area (Å²) in [7, 11) is 0. The van der Waals surface area contributed by atoms with Crippen LogP contribution in [0.5, 0.6) is 0 Å². The Labute approximate surface area is 103 Å². The molecule has 0 saturated heterocycles. The molecule has 2 unspecified atom stereocenters. The first-order chi connectivity index (χ1) is 7.86. The highest BCUT2D eigenvalue weighted by Crippen LogP contribution is 2.61. The third kappa shape index (κ3) is 1.23. The fraction of sp³-hybridized carbons (Fsp3) is 0.562. The lowest BCUT2D eigenvalue weighted by Crippen LogP contribution is -2.56. The first kappa shape index (κ1) is 11.0. The van der Waals surface area contributed by atoms with Crippen molar-refractivity contribution in [3.05, 3.63) is 35.4 Å². The molecular weight excluding hydrogens is 208 g/mol. The topological polar surface area (TPSA) is 17.1 Å². The Morgan fingerprint density at radius 1 is 1.12 bits per heavy atom. The van der Waals surface area contributed by atoms with Gasteiger partial charge in [-0.15, -0.1) is 0 Å². The smallest absolute Gasteiger partial charge is 0.142 e. The SMILES string of the molecule is CC1(C)CC2C(=O)C(C)(C)C2c2ccccc21. The fourth-order valence-electron chi connectivity index (χ4n) is 4.05. The second-order valence-electron chi connectivity index (χ2n) is 6.85. The van der Waals surface area contributed by atoms with Crippen molar-refractivity contribution in [1.29, 1.82) is 0 Å². The molecule has 1 aromatic carbocycles. The van der Waals surface area contributed by atoms with Crippen molar-refractivity contribution in [2.75, 3.05) is 0 Å². The van der Waals surface area contributed by atoms with Gasteiger partial charge in [-0.25, -0.2) is 0 Å². The highest BCUT2D eigenvalue weighted by Gasteiger charge is 2.60. The molecule has 90 valence electrons. The number of Topliss-reactive ketones (excluding diaryl/α,β-unsaturated/α-hetero) is 1. The molecule has 0 radical (unpaired) electrons. The maximum absolute atomic E-state index is 12.2. The highest BCUT2D eigenvalue weighted by atomic mass is 16.1.